The third-order valence-corrected chi connectivity index (χ3v) is 6.27. The van der Waals surface area contributed by atoms with Crippen LogP contribution in [0.3, 0.4) is 0 Å². The lowest BCUT2D eigenvalue weighted by Gasteiger charge is -2.25. The summed E-state index contributed by atoms with van der Waals surface area (Å²) < 4.78 is 27.8. The van der Waals surface area contributed by atoms with Crippen molar-refractivity contribution in [3.63, 3.8) is 0 Å². The van der Waals surface area contributed by atoms with E-state index in [2.05, 4.69) is 16.8 Å². The predicted molar refractivity (Wildman–Crippen MR) is 111 cm³/mol. The molecule has 0 amide bonds. The summed E-state index contributed by atoms with van der Waals surface area (Å²) in [4.78, 5) is 16.0. The molecule has 0 aliphatic carbocycles. The maximum Gasteiger partial charge on any atom is 0.434 e. The maximum absolute atomic E-state index is 12.7. The Kier molecular flexibility index (Phi) is 7.25. The molecule has 2 rings (SSSR count). The van der Waals surface area contributed by atoms with Crippen LogP contribution in [0.1, 0.15) is 19.0 Å². The SMILES string of the molecule is CCCN(CCCl)c1ccc(N(C)S(=O)(=O)Cc2cnc([N+](=O)[O-])n2C)cc1. The van der Waals surface area contributed by atoms with E-state index in [4.69, 9.17) is 11.6 Å². The zero-order valence-electron chi connectivity index (χ0n) is 16.1. The maximum atomic E-state index is 12.7. The lowest BCUT2D eigenvalue weighted by molar-refractivity contribution is -0.396. The molecule has 0 bridgehead atoms. The van der Waals surface area contributed by atoms with Crippen molar-refractivity contribution in [1.82, 2.24) is 9.55 Å². The third kappa shape index (κ3) is 4.93. The quantitative estimate of drug-likeness (QED) is 0.327. The van der Waals surface area contributed by atoms with E-state index in [-0.39, 0.29) is 5.69 Å². The molecule has 0 N–H and O–H groups in total. The van der Waals surface area contributed by atoms with Crippen LogP contribution in [0.5, 0.6) is 0 Å². The number of aromatic nitrogens is 2. The number of imidazole rings is 1. The lowest BCUT2D eigenvalue weighted by Crippen LogP contribution is -2.29. The molecule has 0 atom stereocenters. The van der Waals surface area contributed by atoms with E-state index in [1.54, 1.807) is 12.1 Å². The summed E-state index contributed by atoms with van der Waals surface area (Å²) in [6, 6.07) is 7.18. The van der Waals surface area contributed by atoms with Crippen LogP contribution >= 0.6 is 11.6 Å². The van der Waals surface area contributed by atoms with Crippen LogP contribution in [0.4, 0.5) is 17.3 Å². The highest BCUT2D eigenvalue weighted by atomic mass is 35.5. The van der Waals surface area contributed by atoms with Gasteiger partial charge in [0.1, 0.15) is 17.6 Å². The Balaban J connectivity index is 2.19. The first-order valence-corrected chi connectivity index (χ1v) is 10.9. The van der Waals surface area contributed by atoms with Crippen LogP contribution in [0.15, 0.2) is 30.5 Å². The minimum absolute atomic E-state index is 0.242. The van der Waals surface area contributed by atoms with Gasteiger partial charge in [-0.1, -0.05) is 11.9 Å². The zero-order chi connectivity index (χ0) is 20.9. The molecule has 1 heterocycles. The number of halogens is 1. The smallest absolute Gasteiger partial charge is 0.390 e. The number of hydrogen-bond acceptors (Lipinski definition) is 6. The van der Waals surface area contributed by atoms with Gasteiger partial charge in [-0.25, -0.2) is 13.0 Å². The number of rotatable bonds is 10. The molecule has 0 spiro atoms. The minimum Gasteiger partial charge on any atom is -0.390 e. The summed E-state index contributed by atoms with van der Waals surface area (Å²) >= 11 is 5.86. The number of benzene rings is 1. The highest BCUT2D eigenvalue weighted by Crippen LogP contribution is 2.24. The Bertz CT molecular complexity index is 908. The molecule has 0 aliphatic rings. The van der Waals surface area contributed by atoms with Crippen molar-refractivity contribution in [2.45, 2.75) is 19.1 Å². The first-order valence-electron chi connectivity index (χ1n) is 8.73. The Morgan fingerprint density at radius 3 is 2.32 bits per heavy atom. The van der Waals surface area contributed by atoms with Gasteiger partial charge in [0.05, 0.1) is 12.7 Å². The van der Waals surface area contributed by atoms with Crippen LogP contribution in [-0.4, -0.2) is 48.9 Å². The minimum atomic E-state index is -3.74. The predicted octanol–water partition coefficient (Wildman–Crippen LogP) is 2.75. The Hall–Kier alpha value is -2.33. The molecule has 2 aromatic rings. The van der Waals surface area contributed by atoms with E-state index in [0.717, 1.165) is 18.7 Å². The largest absolute Gasteiger partial charge is 0.434 e. The van der Waals surface area contributed by atoms with E-state index in [1.165, 1.54) is 29.2 Å². The average molecular weight is 430 g/mol. The molecule has 0 saturated heterocycles. The van der Waals surface area contributed by atoms with E-state index < -0.39 is 26.6 Å². The van der Waals surface area contributed by atoms with Crippen LogP contribution in [0.2, 0.25) is 0 Å². The van der Waals surface area contributed by atoms with Crippen molar-refractivity contribution in [3.05, 3.63) is 46.3 Å². The van der Waals surface area contributed by atoms with Crippen molar-refractivity contribution in [3.8, 4) is 0 Å². The van der Waals surface area contributed by atoms with Crippen molar-refractivity contribution in [2.24, 2.45) is 7.05 Å². The van der Waals surface area contributed by atoms with Crippen LogP contribution < -0.4 is 9.21 Å². The first-order chi connectivity index (χ1) is 13.2. The number of hydrogen-bond donors (Lipinski definition) is 0. The monoisotopic (exact) mass is 429 g/mol. The van der Waals surface area contributed by atoms with Crippen LogP contribution in [0, 0.1) is 10.1 Å². The molecule has 9 nitrogen and oxygen atoms in total. The average Bonchev–Trinajstić information content (AvgIpc) is 3.01. The molecule has 0 unspecified atom stereocenters. The van der Waals surface area contributed by atoms with Gasteiger partial charge in [0, 0.05) is 31.7 Å². The first kappa shape index (κ1) is 22.0. The van der Waals surface area contributed by atoms with Crippen molar-refractivity contribution < 1.29 is 13.3 Å². The Labute approximate surface area is 169 Å². The van der Waals surface area contributed by atoms with E-state index >= 15 is 0 Å². The Morgan fingerprint density at radius 2 is 1.82 bits per heavy atom. The molecule has 0 aliphatic heterocycles. The second-order valence-electron chi connectivity index (χ2n) is 6.28. The molecule has 0 saturated carbocycles. The number of alkyl halides is 1. The summed E-state index contributed by atoms with van der Waals surface area (Å²) in [6.07, 6.45) is 2.19. The van der Waals surface area contributed by atoms with Gasteiger partial charge in [-0.05, 0) is 35.6 Å². The summed E-state index contributed by atoms with van der Waals surface area (Å²) in [5, 5.41) is 10.9. The van der Waals surface area contributed by atoms with Gasteiger partial charge in [-0.15, -0.1) is 11.6 Å². The van der Waals surface area contributed by atoms with E-state index in [9.17, 15) is 18.5 Å². The van der Waals surface area contributed by atoms with E-state index in [1.807, 2.05) is 12.1 Å². The van der Waals surface area contributed by atoms with Crippen LogP contribution in [0.25, 0.3) is 0 Å². The molecule has 1 aromatic heterocycles. The lowest BCUT2D eigenvalue weighted by atomic mass is 10.2. The number of nitro groups is 1. The third-order valence-electron chi connectivity index (χ3n) is 4.40. The fourth-order valence-electron chi connectivity index (χ4n) is 2.80. The van der Waals surface area contributed by atoms with Gasteiger partial charge in [0.2, 0.25) is 10.0 Å². The normalized spacial score (nSPS) is 11.4. The van der Waals surface area contributed by atoms with Gasteiger partial charge in [0.25, 0.3) is 0 Å². The summed E-state index contributed by atoms with van der Waals surface area (Å²) in [5.74, 6) is -0.281. The fourth-order valence-corrected chi connectivity index (χ4v) is 4.28. The number of nitrogens with zero attached hydrogens (tertiary/aromatic N) is 5. The summed E-state index contributed by atoms with van der Waals surface area (Å²) in [6.45, 7) is 3.65. The number of sulfonamides is 1. The van der Waals surface area contributed by atoms with Gasteiger partial charge < -0.3 is 15.0 Å². The zero-order valence-corrected chi connectivity index (χ0v) is 17.6. The Morgan fingerprint density at radius 1 is 1.21 bits per heavy atom. The number of anilines is 2. The molecule has 28 heavy (non-hydrogen) atoms. The highest BCUT2D eigenvalue weighted by Gasteiger charge is 2.26. The van der Waals surface area contributed by atoms with Crippen LogP contribution in [-0.2, 0) is 22.8 Å². The standard InChI is InChI=1S/C17H24ClN5O4S/c1-4-10-22(11-9-18)15-7-5-14(6-8-15)21(3)28(26,27)13-16-12-19-17(20(16)2)23(24)25/h5-8,12H,4,9-11,13H2,1-3H3. The molecular weight excluding hydrogens is 406 g/mol. The summed E-state index contributed by atoms with van der Waals surface area (Å²) in [5.41, 5.74) is 1.72. The second-order valence-corrected chi connectivity index (χ2v) is 8.66. The van der Waals surface area contributed by atoms with E-state index in [0.29, 0.717) is 18.1 Å². The highest BCUT2D eigenvalue weighted by molar-refractivity contribution is 7.92. The second kappa shape index (κ2) is 9.24. The van der Waals surface area contributed by atoms with Gasteiger partial charge in [0.15, 0.2) is 0 Å². The van der Waals surface area contributed by atoms with Crippen molar-refractivity contribution in [1.29, 1.82) is 0 Å². The molecular formula is C17H24ClN5O4S. The van der Waals surface area contributed by atoms with Gasteiger partial charge >= 0.3 is 5.95 Å². The fraction of sp³-hybridized carbons (Fsp3) is 0.471. The topological polar surface area (TPSA) is 102 Å². The van der Waals surface area contributed by atoms with Gasteiger partial charge in [-0.3, -0.25) is 4.31 Å². The molecule has 0 radical (unpaired) electrons. The van der Waals surface area contributed by atoms with Gasteiger partial charge in [-0.2, -0.15) is 0 Å². The van der Waals surface area contributed by atoms with Crippen molar-refractivity contribution >= 4 is 38.9 Å². The molecule has 154 valence electrons. The summed E-state index contributed by atoms with van der Waals surface area (Å²) in [7, 11) is -0.863. The molecule has 1 aromatic carbocycles. The molecule has 11 heteroatoms. The molecule has 0 fully saturated rings. The van der Waals surface area contributed by atoms with Crippen molar-refractivity contribution in [2.75, 3.05) is 35.2 Å².